The molecule has 0 heterocycles. The van der Waals surface area contributed by atoms with Crippen molar-refractivity contribution in [2.75, 3.05) is 12.5 Å². The third-order valence-corrected chi connectivity index (χ3v) is 1.04. The van der Waals surface area contributed by atoms with Gasteiger partial charge in [0.25, 0.3) is 5.96 Å². The number of nitrogens with two attached hydrogens (primary N) is 1. The molecule has 0 saturated carbocycles. The average Bonchev–Trinajstić information content (AvgIpc) is 1.62. The van der Waals surface area contributed by atoms with E-state index in [4.69, 9.17) is 10.9 Å². The summed E-state index contributed by atoms with van der Waals surface area (Å²) in [4.78, 5) is 0. The van der Waals surface area contributed by atoms with E-state index in [9.17, 15) is 4.21 Å². The van der Waals surface area contributed by atoms with Gasteiger partial charge in [0.2, 0.25) is 0 Å². The lowest BCUT2D eigenvalue weighted by molar-refractivity contribution is 0.317. The van der Waals surface area contributed by atoms with Gasteiger partial charge >= 0.3 is 0 Å². The molecule has 0 aliphatic carbocycles. The third kappa shape index (κ3) is 5.09. The minimum atomic E-state index is -2.28. The van der Waals surface area contributed by atoms with Gasteiger partial charge in [0.15, 0.2) is 0 Å². The van der Waals surface area contributed by atoms with E-state index in [1.165, 1.54) is 12.5 Å². The van der Waals surface area contributed by atoms with Gasteiger partial charge in [-0.2, -0.15) is 4.36 Å². The molecule has 0 aromatic carbocycles. The van der Waals surface area contributed by atoms with E-state index in [0.717, 1.165) is 0 Å². The van der Waals surface area contributed by atoms with Crippen LogP contribution in [0.5, 0.6) is 0 Å². The van der Waals surface area contributed by atoms with E-state index >= 15 is 0 Å². The van der Waals surface area contributed by atoms with Crippen molar-refractivity contribution in [2.45, 2.75) is 0 Å². The summed E-state index contributed by atoms with van der Waals surface area (Å²) in [6.45, 7) is 0. The molecule has 0 aromatic heterocycles. The van der Waals surface area contributed by atoms with E-state index < -0.39 is 9.73 Å². The maximum Gasteiger partial charge on any atom is 0.265 e. The molecule has 6 heteroatoms. The second kappa shape index (κ2) is 2.67. The van der Waals surface area contributed by atoms with Crippen LogP contribution in [0.15, 0.2) is 9.52 Å². The van der Waals surface area contributed by atoms with Crippen molar-refractivity contribution in [3.05, 3.63) is 0 Å². The van der Waals surface area contributed by atoms with Gasteiger partial charge in [-0.05, 0) is 5.16 Å². The van der Waals surface area contributed by atoms with Crippen molar-refractivity contribution in [3.8, 4) is 0 Å². The SMILES string of the molecule is CS(C)(=O)=N/C(N)=N/O. The van der Waals surface area contributed by atoms with Crippen LogP contribution in [0.4, 0.5) is 0 Å². The highest BCUT2D eigenvalue weighted by molar-refractivity contribution is 7.92. The van der Waals surface area contributed by atoms with E-state index in [2.05, 4.69) is 9.52 Å². The van der Waals surface area contributed by atoms with E-state index in [1.807, 2.05) is 0 Å². The normalized spacial score (nSPS) is 13.3. The van der Waals surface area contributed by atoms with Crippen LogP contribution in [0, 0.1) is 0 Å². The van der Waals surface area contributed by atoms with E-state index in [0.29, 0.717) is 0 Å². The standard InChI is InChI=1S/C3H9N3O2S/c1-9(2,8)6-3(4)5-7/h7H,1-2H3,(H2,4,5). The molecule has 5 nitrogen and oxygen atoms in total. The van der Waals surface area contributed by atoms with Gasteiger partial charge in [-0.15, -0.1) is 0 Å². The van der Waals surface area contributed by atoms with E-state index in [1.54, 1.807) is 0 Å². The third-order valence-electron chi connectivity index (χ3n) is 0.416. The number of hydrogen-bond acceptors (Lipinski definition) is 3. The highest BCUT2D eigenvalue weighted by atomic mass is 32.2. The number of guanidine groups is 1. The Balaban J connectivity index is 4.53. The first-order valence-electron chi connectivity index (χ1n) is 2.10. The smallest absolute Gasteiger partial charge is 0.265 e. The Morgan fingerprint density at radius 2 is 2.11 bits per heavy atom. The molecule has 0 amide bonds. The second-order valence-corrected chi connectivity index (χ2v) is 4.28. The fourth-order valence-electron chi connectivity index (χ4n) is 0.243. The molecule has 0 fully saturated rings. The molecule has 9 heavy (non-hydrogen) atoms. The largest absolute Gasteiger partial charge is 0.408 e. The van der Waals surface area contributed by atoms with Crippen molar-refractivity contribution < 1.29 is 9.42 Å². The Bertz CT molecular complexity index is 217. The Morgan fingerprint density at radius 3 is 2.22 bits per heavy atom. The molecule has 0 saturated heterocycles. The van der Waals surface area contributed by atoms with Crippen LogP contribution in [0.2, 0.25) is 0 Å². The first kappa shape index (κ1) is 8.22. The summed E-state index contributed by atoms with van der Waals surface area (Å²) in [5.41, 5.74) is 4.91. The lowest BCUT2D eigenvalue weighted by Gasteiger charge is -1.90. The summed E-state index contributed by atoms with van der Waals surface area (Å²) in [5.74, 6) is -0.356. The highest BCUT2D eigenvalue weighted by Gasteiger charge is 1.90. The summed E-state index contributed by atoms with van der Waals surface area (Å²) in [7, 11) is -2.28. The number of hydrogen-bond donors (Lipinski definition) is 2. The van der Waals surface area contributed by atoms with Crippen molar-refractivity contribution in [1.82, 2.24) is 0 Å². The van der Waals surface area contributed by atoms with Crippen LogP contribution in [-0.2, 0) is 9.73 Å². The predicted octanol–water partition coefficient (Wildman–Crippen LogP) is -0.582. The molecule has 0 atom stereocenters. The zero-order valence-electron chi connectivity index (χ0n) is 5.24. The predicted molar refractivity (Wildman–Crippen MR) is 35.8 cm³/mol. The van der Waals surface area contributed by atoms with Crippen LogP contribution in [0.3, 0.4) is 0 Å². The number of oxime groups is 1. The maximum absolute atomic E-state index is 10.7. The van der Waals surface area contributed by atoms with Crippen LogP contribution in [0.25, 0.3) is 0 Å². The molecule has 0 radical (unpaired) electrons. The Morgan fingerprint density at radius 1 is 1.67 bits per heavy atom. The highest BCUT2D eigenvalue weighted by Crippen LogP contribution is 1.81. The van der Waals surface area contributed by atoms with Crippen LogP contribution in [-0.4, -0.2) is 27.9 Å². The minimum Gasteiger partial charge on any atom is -0.408 e. The van der Waals surface area contributed by atoms with Gasteiger partial charge in [0.1, 0.15) is 0 Å². The first-order valence-corrected chi connectivity index (χ1v) is 4.43. The lowest BCUT2D eigenvalue weighted by Crippen LogP contribution is -2.10. The average molecular weight is 151 g/mol. The number of rotatable bonds is 0. The Hall–Kier alpha value is -0.780. The summed E-state index contributed by atoms with van der Waals surface area (Å²) in [6.07, 6.45) is 2.79. The van der Waals surface area contributed by atoms with Crippen LogP contribution < -0.4 is 5.73 Å². The molecule has 0 spiro atoms. The molecule has 0 aliphatic heterocycles. The summed E-state index contributed by atoms with van der Waals surface area (Å²) in [6, 6.07) is 0. The molecule has 54 valence electrons. The first-order chi connectivity index (χ1) is 3.95. The molecule has 0 aliphatic rings. The molecular formula is C3H9N3O2S. The monoisotopic (exact) mass is 151 g/mol. The Kier molecular flexibility index (Phi) is 2.44. The van der Waals surface area contributed by atoms with Gasteiger partial charge in [-0.3, -0.25) is 0 Å². The minimum absolute atomic E-state index is 0.356. The van der Waals surface area contributed by atoms with Gasteiger partial charge in [0, 0.05) is 22.2 Å². The molecule has 0 bridgehead atoms. The molecule has 0 unspecified atom stereocenters. The maximum atomic E-state index is 10.7. The van der Waals surface area contributed by atoms with Crippen molar-refractivity contribution in [3.63, 3.8) is 0 Å². The van der Waals surface area contributed by atoms with Gasteiger partial charge in [0.05, 0.1) is 0 Å². The second-order valence-electron chi connectivity index (χ2n) is 1.73. The summed E-state index contributed by atoms with van der Waals surface area (Å²) < 4.78 is 14.1. The molecule has 0 aromatic rings. The zero-order valence-corrected chi connectivity index (χ0v) is 6.05. The summed E-state index contributed by atoms with van der Waals surface area (Å²) in [5, 5.41) is 10.5. The molecule has 0 rings (SSSR count). The quantitative estimate of drug-likeness (QED) is 0.210. The van der Waals surface area contributed by atoms with Crippen molar-refractivity contribution >= 4 is 15.7 Å². The van der Waals surface area contributed by atoms with Gasteiger partial charge in [-0.1, -0.05) is 0 Å². The van der Waals surface area contributed by atoms with Gasteiger partial charge < -0.3 is 10.9 Å². The van der Waals surface area contributed by atoms with Gasteiger partial charge in [-0.25, -0.2) is 4.21 Å². The lowest BCUT2D eigenvalue weighted by atomic mass is 11.1. The zero-order chi connectivity index (χ0) is 7.49. The molecular weight excluding hydrogens is 142 g/mol. The van der Waals surface area contributed by atoms with Crippen LogP contribution >= 0.6 is 0 Å². The van der Waals surface area contributed by atoms with Crippen molar-refractivity contribution in [1.29, 1.82) is 0 Å². The fourth-order valence-corrected chi connectivity index (χ4v) is 0.730. The molecule has 3 N–H and O–H groups in total. The Labute approximate surface area is 53.7 Å². The van der Waals surface area contributed by atoms with Crippen LogP contribution in [0.1, 0.15) is 0 Å². The number of nitrogens with zero attached hydrogens (tertiary/aromatic N) is 2. The topological polar surface area (TPSA) is 88.0 Å². The van der Waals surface area contributed by atoms with Crippen molar-refractivity contribution in [2.24, 2.45) is 15.3 Å². The fraction of sp³-hybridized carbons (Fsp3) is 0.667. The summed E-state index contributed by atoms with van der Waals surface area (Å²) >= 11 is 0. The van der Waals surface area contributed by atoms with E-state index in [-0.39, 0.29) is 5.96 Å².